The SMILES string of the molecule is O=C(O)c1ccc2c3ccc(C(=O)O)c4c(C(=O)O)ccc(c5ccc(C(=O)O)c1c25)c43.[NaH]. The summed E-state index contributed by atoms with van der Waals surface area (Å²) < 4.78 is 0. The number of carboxylic acid groups (broad SMARTS) is 4. The van der Waals surface area contributed by atoms with Gasteiger partial charge in [0, 0.05) is 10.8 Å². The molecule has 0 aromatic heterocycles. The summed E-state index contributed by atoms with van der Waals surface area (Å²) in [6.45, 7) is 0. The molecular weight excluding hydrogens is 439 g/mol. The first kappa shape index (κ1) is 22.5. The van der Waals surface area contributed by atoms with Crippen molar-refractivity contribution in [1.82, 2.24) is 0 Å². The van der Waals surface area contributed by atoms with Gasteiger partial charge < -0.3 is 20.4 Å². The normalized spacial score (nSPS) is 11.2. The number of hydrogen-bond donors (Lipinski definition) is 4. The van der Waals surface area contributed by atoms with Gasteiger partial charge in [-0.15, -0.1) is 0 Å². The molecule has 0 radical (unpaired) electrons. The van der Waals surface area contributed by atoms with E-state index < -0.39 is 23.9 Å². The second-order valence-electron chi connectivity index (χ2n) is 7.36. The number of aromatic carboxylic acids is 4. The van der Waals surface area contributed by atoms with E-state index in [1.54, 1.807) is 0 Å². The fourth-order valence-corrected chi connectivity index (χ4v) is 4.60. The van der Waals surface area contributed by atoms with Crippen LogP contribution < -0.4 is 0 Å². The van der Waals surface area contributed by atoms with Gasteiger partial charge in [0.05, 0.1) is 22.3 Å². The Morgan fingerprint density at radius 1 is 0.394 bits per heavy atom. The molecule has 0 bridgehead atoms. The molecule has 0 saturated heterocycles. The fraction of sp³-hybridized carbons (Fsp3) is 0. The monoisotopic (exact) mass is 452 g/mol. The van der Waals surface area contributed by atoms with Crippen molar-refractivity contribution in [2.75, 3.05) is 0 Å². The third-order valence-electron chi connectivity index (χ3n) is 5.82. The third-order valence-corrected chi connectivity index (χ3v) is 5.82. The van der Waals surface area contributed by atoms with E-state index in [4.69, 9.17) is 0 Å². The van der Waals surface area contributed by atoms with E-state index in [0.717, 1.165) is 0 Å². The van der Waals surface area contributed by atoms with Crippen molar-refractivity contribution in [1.29, 1.82) is 0 Å². The van der Waals surface area contributed by atoms with Crippen LogP contribution in [-0.2, 0) is 0 Å². The molecule has 0 saturated carbocycles. The standard InChI is InChI=1S/C24H12O8.Na.H/c25-21(26)13-5-1-9-10-2-6-15(23(29)30)20-16(24(31)32)8-4-12(18(10)20)11-3-7-14(22(27)28)19(13)17(9)11;;/h1-8H,(H,25,26)(H,27,28)(H,29,30)(H,31,32);;. The molecule has 0 aliphatic rings. The zero-order chi connectivity index (χ0) is 22.9. The summed E-state index contributed by atoms with van der Waals surface area (Å²) >= 11 is 0. The summed E-state index contributed by atoms with van der Waals surface area (Å²) in [4.78, 5) is 47.5. The van der Waals surface area contributed by atoms with E-state index in [9.17, 15) is 39.6 Å². The Labute approximate surface area is 206 Å². The van der Waals surface area contributed by atoms with Crippen LogP contribution in [0.2, 0.25) is 0 Å². The Kier molecular flexibility index (Phi) is 5.24. The summed E-state index contributed by atoms with van der Waals surface area (Å²) in [7, 11) is 0. The van der Waals surface area contributed by atoms with Crippen LogP contribution in [0.15, 0.2) is 48.5 Å². The van der Waals surface area contributed by atoms with Crippen LogP contribution in [0.4, 0.5) is 0 Å². The minimum absolute atomic E-state index is 0. The van der Waals surface area contributed by atoms with Gasteiger partial charge in [-0.25, -0.2) is 19.2 Å². The van der Waals surface area contributed by atoms with Crippen LogP contribution in [0, 0.1) is 0 Å². The van der Waals surface area contributed by atoms with E-state index in [1.165, 1.54) is 48.5 Å². The van der Waals surface area contributed by atoms with Gasteiger partial charge in [0.15, 0.2) is 0 Å². The van der Waals surface area contributed by atoms with Gasteiger partial charge in [-0.2, -0.15) is 0 Å². The summed E-state index contributed by atoms with van der Waals surface area (Å²) in [6, 6.07) is 11.4. The topological polar surface area (TPSA) is 149 Å². The molecule has 33 heavy (non-hydrogen) atoms. The fourth-order valence-electron chi connectivity index (χ4n) is 4.60. The Balaban J connectivity index is 0.00000259. The molecule has 9 heteroatoms. The van der Waals surface area contributed by atoms with Crippen LogP contribution >= 0.6 is 0 Å². The van der Waals surface area contributed by atoms with E-state index in [0.29, 0.717) is 32.3 Å². The average molecular weight is 452 g/mol. The Morgan fingerprint density at radius 3 is 0.788 bits per heavy atom. The van der Waals surface area contributed by atoms with E-state index in [-0.39, 0.29) is 62.6 Å². The van der Waals surface area contributed by atoms with Crippen LogP contribution in [0.5, 0.6) is 0 Å². The van der Waals surface area contributed by atoms with Crippen molar-refractivity contribution in [2.45, 2.75) is 0 Å². The molecule has 0 aliphatic heterocycles. The molecule has 0 unspecified atom stereocenters. The predicted octanol–water partition coefficient (Wildman–Crippen LogP) is 3.88. The van der Waals surface area contributed by atoms with Gasteiger partial charge in [0.1, 0.15) is 0 Å². The van der Waals surface area contributed by atoms with E-state index >= 15 is 0 Å². The molecule has 5 aromatic carbocycles. The first-order chi connectivity index (χ1) is 15.2. The Morgan fingerprint density at radius 2 is 0.606 bits per heavy atom. The van der Waals surface area contributed by atoms with Gasteiger partial charge in [-0.1, -0.05) is 24.3 Å². The number of benzene rings is 5. The quantitative estimate of drug-likeness (QED) is 0.182. The molecule has 5 rings (SSSR count). The zero-order valence-corrected chi connectivity index (χ0v) is 16.0. The van der Waals surface area contributed by atoms with E-state index in [1.807, 2.05) is 0 Å². The first-order valence-electron chi connectivity index (χ1n) is 9.35. The third kappa shape index (κ3) is 3.03. The first-order valence-corrected chi connectivity index (χ1v) is 9.35. The number of carboxylic acids is 4. The van der Waals surface area contributed by atoms with Crippen molar-refractivity contribution in [3.8, 4) is 0 Å². The molecule has 0 atom stereocenters. The maximum atomic E-state index is 11.9. The summed E-state index contributed by atoms with van der Waals surface area (Å²) in [5.41, 5.74) is -0.696. The van der Waals surface area contributed by atoms with Crippen molar-refractivity contribution in [2.24, 2.45) is 0 Å². The molecule has 0 fully saturated rings. The average Bonchev–Trinajstić information content (AvgIpc) is 2.75. The summed E-state index contributed by atoms with van der Waals surface area (Å²) in [5, 5.41) is 41.7. The summed E-state index contributed by atoms with van der Waals surface area (Å²) in [6.07, 6.45) is 0. The molecular formula is C24H13NaO8. The van der Waals surface area contributed by atoms with Gasteiger partial charge in [-0.3, -0.25) is 0 Å². The molecule has 0 aliphatic carbocycles. The second-order valence-corrected chi connectivity index (χ2v) is 7.36. The van der Waals surface area contributed by atoms with E-state index in [2.05, 4.69) is 0 Å². The van der Waals surface area contributed by atoms with Crippen molar-refractivity contribution in [3.05, 3.63) is 70.8 Å². The van der Waals surface area contributed by atoms with Crippen molar-refractivity contribution >= 4 is 96.5 Å². The second kappa shape index (κ2) is 7.70. The minimum atomic E-state index is -1.28. The molecule has 0 heterocycles. The number of hydrogen-bond acceptors (Lipinski definition) is 4. The predicted molar refractivity (Wildman–Crippen MR) is 123 cm³/mol. The van der Waals surface area contributed by atoms with Crippen LogP contribution in [0.3, 0.4) is 0 Å². The van der Waals surface area contributed by atoms with Crippen LogP contribution in [0.1, 0.15) is 41.4 Å². The number of fused-ring (bicyclic) bond motifs is 2. The van der Waals surface area contributed by atoms with Gasteiger partial charge in [0.25, 0.3) is 0 Å². The Hall–Kier alpha value is -3.72. The molecule has 4 N–H and O–H groups in total. The van der Waals surface area contributed by atoms with Crippen molar-refractivity contribution in [3.63, 3.8) is 0 Å². The van der Waals surface area contributed by atoms with Gasteiger partial charge in [-0.05, 0) is 56.6 Å². The molecule has 158 valence electrons. The van der Waals surface area contributed by atoms with Gasteiger partial charge in [0.2, 0.25) is 0 Å². The molecule has 8 nitrogen and oxygen atoms in total. The van der Waals surface area contributed by atoms with Crippen LogP contribution in [-0.4, -0.2) is 73.9 Å². The summed E-state index contributed by atoms with van der Waals surface area (Å²) in [5.74, 6) is -5.13. The molecule has 0 spiro atoms. The van der Waals surface area contributed by atoms with Crippen LogP contribution in [0.25, 0.3) is 43.1 Å². The zero-order valence-electron chi connectivity index (χ0n) is 16.0. The number of carbonyl (C=O) groups is 4. The maximum absolute atomic E-state index is 11.9. The number of rotatable bonds is 4. The van der Waals surface area contributed by atoms with Crippen molar-refractivity contribution < 1.29 is 39.6 Å². The van der Waals surface area contributed by atoms with Gasteiger partial charge >= 0.3 is 53.4 Å². The molecule has 5 aromatic rings. The molecule has 0 amide bonds. The Bertz CT molecular complexity index is 1440.